The molecule has 0 unspecified atom stereocenters. The summed E-state index contributed by atoms with van der Waals surface area (Å²) in [4.78, 5) is 4.15. The largest absolute Gasteiger partial charge is 0.382 e. The van der Waals surface area contributed by atoms with Crippen LogP contribution in [0.5, 0.6) is 0 Å². The average Bonchev–Trinajstić information content (AvgIpc) is 3.01. The fourth-order valence-electron chi connectivity index (χ4n) is 2.53. The van der Waals surface area contributed by atoms with Gasteiger partial charge >= 0.3 is 0 Å². The first-order chi connectivity index (χ1) is 9.74. The molecule has 98 valence electrons. The molecule has 2 N–H and O–H groups in total. The normalized spacial score (nSPS) is 11.4. The lowest BCUT2D eigenvalue weighted by atomic mass is 10.1. The van der Waals surface area contributed by atoms with E-state index in [1.165, 1.54) is 0 Å². The Balaban J connectivity index is 2.07. The number of nitrogen functional groups attached to an aromatic ring is 1. The summed E-state index contributed by atoms with van der Waals surface area (Å²) in [5.41, 5.74) is 9.98. The molecule has 0 saturated heterocycles. The van der Waals surface area contributed by atoms with Crippen LogP contribution in [-0.2, 0) is 7.05 Å². The van der Waals surface area contributed by atoms with Gasteiger partial charge < -0.3 is 5.73 Å². The van der Waals surface area contributed by atoms with Crippen LogP contribution in [0.1, 0.15) is 0 Å². The van der Waals surface area contributed by atoms with Gasteiger partial charge in [-0.3, -0.25) is 9.67 Å². The second kappa shape index (κ2) is 3.80. The average molecular weight is 264 g/mol. The minimum Gasteiger partial charge on any atom is -0.382 e. The maximum atomic E-state index is 5.89. The van der Waals surface area contributed by atoms with Gasteiger partial charge in [-0.1, -0.05) is 6.07 Å². The van der Waals surface area contributed by atoms with Crippen molar-refractivity contribution in [3.05, 3.63) is 43.0 Å². The standard InChI is InChI=1S/C14H12N6/c1-19-13-11(14(15)18-19)7-17-20-8-10(5-12(13)20)9-3-2-4-16-6-9/h2-8H,1H3,(H2,15,18). The van der Waals surface area contributed by atoms with E-state index in [4.69, 9.17) is 5.73 Å². The van der Waals surface area contributed by atoms with E-state index in [0.717, 1.165) is 27.5 Å². The summed E-state index contributed by atoms with van der Waals surface area (Å²) in [6, 6.07) is 6.02. The van der Waals surface area contributed by atoms with Crippen LogP contribution in [0, 0.1) is 0 Å². The van der Waals surface area contributed by atoms with Gasteiger partial charge in [0.25, 0.3) is 0 Å². The zero-order valence-electron chi connectivity index (χ0n) is 10.9. The molecule has 20 heavy (non-hydrogen) atoms. The van der Waals surface area contributed by atoms with Gasteiger partial charge in [0.2, 0.25) is 0 Å². The van der Waals surface area contributed by atoms with Crippen molar-refractivity contribution in [2.24, 2.45) is 7.05 Å². The first kappa shape index (κ1) is 11.0. The van der Waals surface area contributed by atoms with E-state index < -0.39 is 0 Å². The van der Waals surface area contributed by atoms with Crippen molar-refractivity contribution in [2.75, 3.05) is 5.73 Å². The smallest absolute Gasteiger partial charge is 0.155 e. The van der Waals surface area contributed by atoms with Crippen LogP contribution in [0.3, 0.4) is 0 Å². The molecule has 0 saturated carbocycles. The molecular weight excluding hydrogens is 252 g/mol. The number of rotatable bonds is 1. The number of hydrogen-bond donors (Lipinski definition) is 1. The highest BCUT2D eigenvalue weighted by atomic mass is 15.3. The minimum absolute atomic E-state index is 0.502. The van der Waals surface area contributed by atoms with Gasteiger partial charge in [0, 0.05) is 36.8 Å². The van der Waals surface area contributed by atoms with E-state index in [0.29, 0.717) is 5.82 Å². The Labute approximate surface area is 114 Å². The molecule has 0 spiro atoms. The summed E-state index contributed by atoms with van der Waals surface area (Å²) < 4.78 is 3.63. The predicted octanol–water partition coefficient (Wildman–Crippen LogP) is 1.87. The summed E-state index contributed by atoms with van der Waals surface area (Å²) in [7, 11) is 1.88. The van der Waals surface area contributed by atoms with Crippen LogP contribution in [0.4, 0.5) is 5.82 Å². The molecule has 0 atom stereocenters. The molecule has 0 radical (unpaired) electrons. The molecule has 4 aromatic rings. The van der Waals surface area contributed by atoms with Crippen molar-refractivity contribution in [1.29, 1.82) is 0 Å². The monoisotopic (exact) mass is 264 g/mol. The molecule has 0 aliphatic carbocycles. The Morgan fingerprint density at radius 3 is 2.90 bits per heavy atom. The van der Waals surface area contributed by atoms with E-state index in [-0.39, 0.29) is 0 Å². The maximum absolute atomic E-state index is 5.89. The highest BCUT2D eigenvalue weighted by Crippen LogP contribution is 2.28. The second-order valence-electron chi connectivity index (χ2n) is 4.72. The molecule has 0 bridgehead atoms. The second-order valence-corrected chi connectivity index (χ2v) is 4.72. The molecule has 0 aliphatic rings. The van der Waals surface area contributed by atoms with Gasteiger partial charge in [-0.15, -0.1) is 0 Å². The summed E-state index contributed by atoms with van der Waals surface area (Å²) in [6.07, 6.45) is 7.33. The number of hydrogen-bond acceptors (Lipinski definition) is 4. The SMILES string of the molecule is Cn1nc(N)c2cnn3cc(-c4cccnc4)cc3c21. The molecule has 0 fully saturated rings. The number of fused-ring (bicyclic) bond motifs is 3. The Morgan fingerprint density at radius 1 is 1.20 bits per heavy atom. The van der Waals surface area contributed by atoms with Crippen LogP contribution in [0.25, 0.3) is 27.5 Å². The maximum Gasteiger partial charge on any atom is 0.155 e. The quantitative estimate of drug-likeness (QED) is 0.569. The molecule has 0 aliphatic heterocycles. The summed E-state index contributed by atoms with van der Waals surface area (Å²) in [5, 5.41) is 9.51. The number of anilines is 1. The van der Waals surface area contributed by atoms with E-state index in [1.807, 2.05) is 36.1 Å². The van der Waals surface area contributed by atoms with Crippen LogP contribution in [0.15, 0.2) is 43.0 Å². The molecule has 4 rings (SSSR count). The van der Waals surface area contributed by atoms with Gasteiger partial charge in [0.1, 0.15) is 0 Å². The van der Waals surface area contributed by atoms with Crippen molar-refractivity contribution in [3.63, 3.8) is 0 Å². The molecular formula is C14H12N6. The molecule has 0 aromatic carbocycles. The van der Waals surface area contributed by atoms with Crippen molar-refractivity contribution in [1.82, 2.24) is 24.4 Å². The summed E-state index contributed by atoms with van der Waals surface area (Å²) in [6.45, 7) is 0. The molecule has 4 heterocycles. The number of aromatic nitrogens is 5. The van der Waals surface area contributed by atoms with Gasteiger partial charge in [-0.25, -0.2) is 4.52 Å². The Hall–Kier alpha value is -2.89. The molecule has 4 aromatic heterocycles. The zero-order chi connectivity index (χ0) is 13.7. The number of nitrogens with zero attached hydrogens (tertiary/aromatic N) is 5. The molecule has 0 amide bonds. The lowest BCUT2D eigenvalue weighted by Crippen LogP contribution is -1.94. The topological polar surface area (TPSA) is 74.0 Å². The lowest BCUT2D eigenvalue weighted by molar-refractivity contribution is 0.801. The fourth-order valence-corrected chi connectivity index (χ4v) is 2.53. The van der Waals surface area contributed by atoms with Crippen LogP contribution < -0.4 is 5.73 Å². The van der Waals surface area contributed by atoms with Gasteiger partial charge in [-0.2, -0.15) is 10.2 Å². The van der Waals surface area contributed by atoms with E-state index in [9.17, 15) is 0 Å². The third kappa shape index (κ3) is 1.41. The van der Waals surface area contributed by atoms with Gasteiger partial charge in [0.15, 0.2) is 5.82 Å². The Morgan fingerprint density at radius 2 is 2.10 bits per heavy atom. The van der Waals surface area contributed by atoms with Crippen LogP contribution in [-0.4, -0.2) is 24.4 Å². The van der Waals surface area contributed by atoms with Crippen LogP contribution >= 0.6 is 0 Å². The first-order valence-electron chi connectivity index (χ1n) is 6.24. The van der Waals surface area contributed by atoms with Gasteiger partial charge in [-0.05, 0) is 12.1 Å². The summed E-state index contributed by atoms with van der Waals surface area (Å²) >= 11 is 0. The van der Waals surface area contributed by atoms with Crippen molar-refractivity contribution in [3.8, 4) is 11.1 Å². The highest BCUT2D eigenvalue weighted by molar-refractivity contribution is 5.99. The molecule has 6 nitrogen and oxygen atoms in total. The minimum atomic E-state index is 0.502. The first-order valence-corrected chi connectivity index (χ1v) is 6.24. The fraction of sp³-hybridized carbons (Fsp3) is 0.0714. The number of nitrogens with two attached hydrogens (primary N) is 1. The highest BCUT2D eigenvalue weighted by Gasteiger charge is 2.12. The predicted molar refractivity (Wildman–Crippen MR) is 77.1 cm³/mol. The van der Waals surface area contributed by atoms with Crippen molar-refractivity contribution in [2.45, 2.75) is 0 Å². The van der Waals surface area contributed by atoms with Crippen LogP contribution in [0.2, 0.25) is 0 Å². The van der Waals surface area contributed by atoms with Crippen molar-refractivity contribution >= 4 is 22.2 Å². The van der Waals surface area contributed by atoms with E-state index in [1.54, 1.807) is 17.1 Å². The zero-order valence-corrected chi connectivity index (χ0v) is 10.9. The lowest BCUT2D eigenvalue weighted by Gasteiger charge is -1.97. The van der Waals surface area contributed by atoms with E-state index in [2.05, 4.69) is 21.2 Å². The molecule has 6 heteroatoms. The Kier molecular flexibility index (Phi) is 2.09. The third-order valence-corrected chi connectivity index (χ3v) is 3.46. The summed E-state index contributed by atoms with van der Waals surface area (Å²) in [5.74, 6) is 0.502. The van der Waals surface area contributed by atoms with E-state index >= 15 is 0 Å². The Bertz CT molecular complexity index is 919. The van der Waals surface area contributed by atoms with Crippen molar-refractivity contribution < 1.29 is 0 Å². The number of pyridine rings is 1. The third-order valence-electron chi connectivity index (χ3n) is 3.46. The number of aryl methyl sites for hydroxylation is 1. The van der Waals surface area contributed by atoms with Gasteiger partial charge in [0.05, 0.1) is 22.6 Å².